The van der Waals surface area contributed by atoms with Gasteiger partial charge in [-0.3, -0.25) is 9.59 Å². The first kappa shape index (κ1) is 22.7. The SMILES string of the molecule is CCCO[C@@H]1CC[C@H](C(=O)N2CCc3nocc3C2)C[C@H]1NC1CCCC1.O=CO. The predicted octanol–water partition coefficient (Wildman–Crippen LogP) is 2.76. The number of fused-ring (bicyclic) bond motifs is 1. The van der Waals surface area contributed by atoms with Crippen LogP contribution >= 0.6 is 0 Å². The topological polar surface area (TPSA) is 105 Å². The first-order valence-electron chi connectivity index (χ1n) is 11.3. The Morgan fingerprint density at radius 3 is 2.87 bits per heavy atom. The number of aromatic nitrogens is 1. The van der Waals surface area contributed by atoms with Gasteiger partial charge < -0.3 is 24.6 Å². The Bertz CT molecular complexity index is 673. The summed E-state index contributed by atoms with van der Waals surface area (Å²) in [7, 11) is 0. The first-order valence-corrected chi connectivity index (χ1v) is 11.3. The van der Waals surface area contributed by atoms with Crippen LogP contribution in [0.1, 0.15) is 69.5 Å². The van der Waals surface area contributed by atoms with E-state index in [1.165, 1.54) is 25.7 Å². The van der Waals surface area contributed by atoms with Crippen LogP contribution in [0.3, 0.4) is 0 Å². The van der Waals surface area contributed by atoms with Gasteiger partial charge in [-0.25, -0.2) is 0 Å². The maximum atomic E-state index is 13.2. The van der Waals surface area contributed by atoms with Crippen molar-refractivity contribution >= 4 is 12.4 Å². The van der Waals surface area contributed by atoms with Gasteiger partial charge in [0.2, 0.25) is 5.91 Å². The lowest BCUT2D eigenvalue weighted by Crippen LogP contribution is -2.52. The van der Waals surface area contributed by atoms with E-state index in [0.717, 1.165) is 56.5 Å². The number of hydrogen-bond acceptors (Lipinski definition) is 6. The van der Waals surface area contributed by atoms with Crippen molar-refractivity contribution in [3.05, 3.63) is 17.5 Å². The molecule has 2 fully saturated rings. The lowest BCUT2D eigenvalue weighted by atomic mass is 9.82. The molecule has 4 rings (SSSR count). The summed E-state index contributed by atoms with van der Waals surface area (Å²) >= 11 is 0. The average Bonchev–Trinajstić information content (AvgIpc) is 3.44. The Morgan fingerprint density at radius 1 is 1.37 bits per heavy atom. The molecule has 2 saturated carbocycles. The monoisotopic (exact) mass is 421 g/mol. The Balaban J connectivity index is 0.000000806. The second kappa shape index (κ2) is 11.5. The van der Waals surface area contributed by atoms with Crippen LogP contribution in [-0.2, 0) is 27.3 Å². The van der Waals surface area contributed by atoms with Crippen molar-refractivity contribution in [2.45, 2.75) is 89.4 Å². The van der Waals surface area contributed by atoms with Crippen LogP contribution in [0, 0.1) is 5.92 Å². The minimum absolute atomic E-state index is 0.104. The molecule has 2 N–H and O–H groups in total. The highest BCUT2D eigenvalue weighted by atomic mass is 16.5. The van der Waals surface area contributed by atoms with Crippen LogP contribution in [0.25, 0.3) is 0 Å². The largest absolute Gasteiger partial charge is 0.483 e. The third-order valence-corrected chi connectivity index (χ3v) is 6.50. The standard InChI is InChI=1S/C21H33N3O3.CH2O2/c1-2-11-26-20-8-7-15(12-19(20)22-17-5-3-4-6-17)21(25)24-10-9-18-16(13-24)14-27-23-18;2-1-3/h14-15,17,19-20,22H,2-13H2,1H3;1H,(H,2,3)/t15-,19+,20+;/m0./s1. The Kier molecular flexibility index (Phi) is 8.69. The summed E-state index contributed by atoms with van der Waals surface area (Å²) in [6.45, 7) is 4.12. The molecule has 3 aliphatic rings. The zero-order valence-corrected chi connectivity index (χ0v) is 17.9. The summed E-state index contributed by atoms with van der Waals surface area (Å²) < 4.78 is 11.2. The lowest BCUT2D eigenvalue weighted by molar-refractivity contribution is -0.139. The molecule has 2 heterocycles. The van der Waals surface area contributed by atoms with Gasteiger partial charge in [-0.05, 0) is 38.5 Å². The predicted molar refractivity (Wildman–Crippen MR) is 111 cm³/mol. The number of ether oxygens (including phenoxy) is 1. The Hall–Kier alpha value is -1.93. The van der Waals surface area contributed by atoms with Crippen LogP contribution in [0.2, 0.25) is 0 Å². The summed E-state index contributed by atoms with van der Waals surface area (Å²) in [5.74, 6) is 0.404. The highest BCUT2D eigenvalue weighted by molar-refractivity contribution is 5.79. The van der Waals surface area contributed by atoms with E-state index in [1.54, 1.807) is 6.26 Å². The van der Waals surface area contributed by atoms with E-state index in [-0.39, 0.29) is 18.5 Å². The molecule has 3 atom stereocenters. The molecule has 30 heavy (non-hydrogen) atoms. The molecule has 0 saturated heterocycles. The second-order valence-corrected chi connectivity index (χ2v) is 8.58. The van der Waals surface area contributed by atoms with Crippen molar-refractivity contribution in [2.75, 3.05) is 13.2 Å². The van der Waals surface area contributed by atoms with Crippen molar-refractivity contribution in [3.63, 3.8) is 0 Å². The van der Waals surface area contributed by atoms with E-state index >= 15 is 0 Å². The van der Waals surface area contributed by atoms with Crippen molar-refractivity contribution in [2.24, 2.45) is 5.92 Å². The maximum absolute atomic E-state index is 13.2. The number of nitrogens with one attached hydrogen (secondary N) is 1. The molecule has 1 aromatic heterocycles. The minimum atomic E-state index is -0.250. The summed E-state index contributed by atoms with van der Waals surface area (Å²) in [5, 5.41) is 14.8. The fourth-order valence-electron chi connectivity index (χ4n) is 4.99. The minimum Gasteiger partial charge on any atom is -0.483 e. The summed E-state index contributed by atoms with van der Waals surface area (Å²) in [4.78, 5) is 23.6. The van der Waals surface area contributed by atoms with Crippen molar-refractivity contribution in [1.82, 2.24) is 15.4 Å². The van der Waals surface area contributed by atoms with E-state index in [9.17, 15) is 4.79 Å². The third kappa shape index (κ3) is 5.82. The van der Waals surface area contributed by atoms with E-state index in [1.807, 2.05) is 4.90 Å². The molecule has 0 bridgehead atoms. The Labute approximate surface area is 178 Å². The zero-order valence-electron chi connectivity index (χ0n) is 17.9. The molecule has 0 aromatic carbocycles. The van der Waals surface area contributed by atoms with Crippen molar-refractivity contribution in [3.8, 4) is 0 Å². The maximum Gasteiger partial charge on any atom is 0.290 e. The molecule has 0 spiro atoms. The van der Waals surface area contributed by atoms with E-state index in [2.05, 4.69) is 17.4 Å². The molecule has 2 aliphatic carbocycles. The smallest absolute Gasteiger partial charge is 0.290 e. The fraction of sp³-hybridized carbons (Fsp3) is 0.773. The molecule has 1 aromatic rings. The Morgan fingerprint density at radius 2 is 2.13 bits per heavy atom. The highest BCUT2D eigenvalue weighted by Gasteiger charge is 2.38. The molecular formula is C22H35N3O5. The number of carboxylic acid groups (broad SMARTS) is 1. The van der Waals surface area contributed by atoms with Gasteiger partial charge in [0.15, 0.2) is 0 Å². The number of carbonyl (C=O) groups is 2. The van der Waals surface area contributed by atoms with Crippen LogP contribution in [0.4, 0.5) is 0 Å². The van der Waals surface area contributed by atoms with Gasteiger partial charge in [-0.2, -0.15) is 0 Å². The lowest BCUT2D eigenvalue weighted by Gasteiger charge is -2.39. The molecule has 8 nitrogen and oxygen atoms in total. The number of carbonyl (C=O) groups excluding carboxylic acids is 1. The second-order valence-electron chi connectivity index (χ2n) is 8.58. The van der Waals surface area contributed by atoms with Gasteiger partial charge in [0.1, 0.15) is 6.26 Å². The molecule has 8 heteroatoms. The van der Waals surface area contributed by atoms with Gasteiger partial charge in [0.05, 0.1) is 18.3 Å². The van der Waals surface area contributed by atoms with E-state index < -0.39 is 0 Å². The number of nitrogens with zero attached hydrogens (tertiary/aromatic N) is 2. The highest BCUT2D eigenvalue weighted by Crippen LogP contribution is 2.31. The van der Waals surface area contributed by atoms with Gasteiger partial charge in [0, 0.05) is 43.1 Å². The van der Waals surface area contributed by atoms with Gasteiger partial charge in [-0.15, -0.1) is 0 Å². The summed E-state index contributed by atoms with van der Waals surface area (Å²) in [6, 6.07) is 0.907. The third-order valence-electron chi connectivity index (χ3n) is 6.50. The van der Waals surface area contributed by atoms with E-state index in [4.69, 9.17) is 19.2 Å². The summed E-state index contributed by atoms with van der Waals surface area (Å²) in [6.07, 6.45) is 11.8. The normalized spacial score (nSPS) is 26.6. The average molecular weight is 422 g/mol. The van der Waals surface area contributed by atoms with E-state index in [0.29, 0.717) is 24.5 Å². The summed E-state index contributed by atoms with van der Waals surface area (Å²) in [5.41, 5.74) is 2.08. The zero-order chi connectivity index (χ0) is 21.3. The molecule has 1 amide bonds. The van der Waals surface area contributed by atoms with Gasteiger partial charge >= 0.3 is 0 Å². The molecule has 0 radical (unpaired) electrons. The van der Waals surface area contributed by atoms with Crippen molar-refractivity contribution in [1.29, 1.82) is 0 Å². The quantitative estimate of drug-likeness (QED) is 0.681. The van der Waals surface area contributed by atoms with Crippen LogP contribution < -0.4 is 5.32 Å². The first-order chi connectivity index (χ1) is 14.7. The number of amides is 1. The fourth-order valence-corrected chi connectivity index (χ4v) is 4.99. The van der Waals surface area contributed by atoms with Gasteiger partial charge in [0.25, 0.3) is 6.47 Å². The van der Waals surface area contributed by atoms with Gasteiger partial charge in [-0.1, -0.05) is 24.9 Å². The molecule has 168 valence electrons. The molecule has 1 aliphatic heterocycles. The van der Waals surface area contributed by atoms with Crippen LogP contribution in [-0.4, -0.2) is 58.9 Å². The molecule has 0 unspecified atom stereocenters. The molecular weight excluding hydrogens is 386 g/mol. The van der Waals surface area contributed by atoms with Crippen molar-refractivity contribution < 1.29 is 24.0 Å². The van der Waals surface area contributed by atoms with Crippen LogP contribution in [0.15, 0.2) is 10.8 Å². The number of hydrogen-bond donors (Lipinski definition) is 2. The van der Waals surface area contributed by atoms with Crippen LogP contribution in [0.5, 0.6) is 0 Å². The number of rotatable bonds is 6.